The number of carbonyl (C=O) groups excluding carboxylic acids is 4. The minimum Gasteiger partial charge on any atom is -0.370 e. The van der Waals surface area contributed by atoms with Gasteiger partial charge in [-0.15, -0.1) is 0 Å². The number of nitrogens with one attached hydrogen (secondary N) is 1. The van der Waals surface area contributed by atoms with Gasteiger partial charge in [0, 0.05) is 25.2 Å². The predicted molar refractivity (Wildman–Crippen MR) is 113 cm³/mol. The van der Waals surface area contributed by atoms with Gasteiger partial charge in [0.05, 0.1) is 16.8 Å². The number of aryl methyl sites for hydroxylation is 2. The van der Waals surface area contributed by atoms with Crippen molar-refractivity contribution < 1.29 is 19.2 Å². The molecule has 0 fully saturated rings. The van der Waals surface area contributed by atoms with E-state index in [1.165, 1.54) is 0 Å². The van der Waals surface area contributed by atoms with E-state index < -0.39 is 29.7 Å². The topological polar surface area (TPSA) is 127 Å². The fraction of sp³-hybridized carbons (Fsp3) is 0.409. The van der Waals surface area contributed by atoms with E-state index in [-0.39, 0.29) is 29.9 Å². The molecule has 3 N–H and O–H groups in total. The van der Waals surface area contributed by atoms with Gasteiger partial charge in [-0.05, 0) is 44.4 Å². The highest BCUT2D eigenvalue weighted by Gasteiger charge is 2.42. The molecule has 4 amide bonds. The zero-order chi connectivity index (χ0) is 22.7. The summed E-state index contributed by atoms with van der Waals surface area (Å²) in [6.45, 7) is 6.79. The van der Waals surface area contributed by atoms with E-state index in [0.717, 1.165) is 16.3 Å². The number of aromatic nitrogens is 2. The molecule has 2 heterocycles. The van der Waals surface area contributed by atoms with E-state index in [1.54, 1.807) is 24.3 Å². The Morgan fingerprint density at radius 2 is 1.74 bits per heavy atom. The fourth-order valence-corrected chi connectivity index (χ4v) is 3.76. The van der Waals surface area contributed by atoms with Crippen LogP contribution in [0.25, 0.3) is 0 Å². The first-order valence-corrected chi connectivity index (χ1v) is 10.2. The van der Waals surface area contributed by atoms with Crippen molar-refractivity contribution in [1.29, 1.82) is 0 Å². The number of benzene rings is 1. The van der Waals surface area contributed by atoms with E-state index in [0.29, 0.717) is 13.1 Å². The van der Waals surface area contributed by atoms with Crippen molar-refractivity contribution in [2.24, 2.45) is 11.7 Å². The van der Waals surface area contributed by atoms with E-state index >= 15 is 0 Å². The summed E-state index contributed by atoms with van der Waals surface area (Å²) in [4.78, 5) is 50.9. The van der Waals surface area contributed by atoms with Crippen LogP contribution in [0.3, 0.4) is 0 Å². The fourth-order valence-electron chi connectivity index (χ4n) is 3.76. The molecule has 2 atom stereocenters. The summed E-state index contributed by atoms with van der Waals surface area (Å²) in [7, 11) is 0. The van der Waals surface area contributed by atoms with Crippen LogP contribution in [-0.4, -0.2) is 50.9 Å². The van der Waals surface area contributed by atoms with Crippen LogP contribution in [0.1, 0.15) is 51.9 Å². The molecule has 0 bridgehead atoms. The summed E-state index contributed by atoms with van der Waals surface area (Å²) in [6, 6.07) is 7.29. The Morgan fingerprint density at radius 3 is 2.26 bits per heavy atom. The molecule has 3 rings (SSSR count). The van der Waals surface area contributed by atoms with Crippen LogP contribution >= 0.6 is 0 Å². The molecule has 0 aliphatic carbocycles. The Labute approximate surface area is 180 Å². The summed E-state index contributed by atoms with van der Waals surface area (Å²) in [6.07, 6.45) is -0.148. The molecule has 1 aromatic carbocycles. The van der Waals surface area contributed by atoms with Crippen LogP contribution in [0.5, 0.6) is 0 Å². The van der Waals surface area contributed by atoms with Crippen LogP contribution in [0, 0.1) is 19.8 Å². The maximum Gasteiger partial charge on any atom is 0.262 e. The molecule has 0 saturated carbocycles. The number of nitrogens with two attached hydrogens (primary N) is 1. The zero-order valence-corrected chi connectivity index (χ0v) is 17.9. The van der Waals surface area contributed by atoms with Crippen LogP contribution in [-0.2, 0) is 16.1 Å². The number of rotatable bonds is 9. The van der Waals surface area contributed by atoms with Gasteiger partial charge in [-0.2, -0.15) is 5.10 Å². The molecule has 2 aromatic rings. The quantitative estimate of drug-likeness (QED) is 0.583. The first kappa shape index (κ1) is 22.2. The Hall–Kier alpha value is -3.49. The highest BCUT2D eigenvalue weighted by atomic mass is 16.2. The number of hydrogen-bond donors (Lipinski definition) is 2. The van der Waals surface area contributed by atoms with Crippen molar-refractivity contribution >= 4 is 23.6 Å². The number of amides is 4. The van der Waals surface area contributed by atoms with Gasteiger partial charge in [0.2, 0.25) is 11.8 Å². The maximum atomic E-state index is 13.0. The van der Waals surface area contributed by atoms with Gasteiger partial charge in [-0.25, -0.2) is 0 Å². The molecule has 1 aromatic heterocycles. The maximum absolute atomic E-state index is 13.0. The second kappa shape index (κ2) is 9.11. The lowest BCUT2D eigenvalue weighted by Crippen LogP contribution is -2.50. The standard InChI is InChI=1S/C22H27N5O4/c1-13(12-26-15(3)10-14(2)25-26)11-24-20(29)18(8-9-19(23)28)27-21(30)16-6-4-5-7-17(16)22(27)31/h4-7,10,13,18H,8-9,11-12H2,1-3H3,(H2,23,28)(H,24,29)/t13-,18-/m0/s1. The van der Waals surface area contributed by atoms with Gasteiger partial charge in [0.1, 0.15) is 6.04 Å². The van der Waals surface area contributed by atoms with Crippen molar-refractivity contribution in [2.75, 3.05) is 6.54 Å². The Balaban J connectivity index is 1.71. The summed E-state index contributed by atoms with van der Waals surface area (Å²) in [5.41, 5.74) is 7.70. The van der Waals surface area contributed by atoms with Crippen molar-refractivity contribution in [1.82, 2.24) is 20.0 Å². The van der Waals surface area contributed by atoms with Gasteiger partial charge >= 0.3 is 0 Å². The van der Waals surface area contributed by atoms with E-state index in [1.807, 2.05) is 31.5 Å². The Kier molecular flexibility index (Phi) is 6.53. The SMILES string of the molecule is Cc1cc(C)n(C[C@@H](C)CNC(=O)[C@H](CCC(N)=O)N2C(=O)c3ccccc3C2=O)n1. The molecule has 31 heavy (non-hydrogen) atoms. The number of carbonyl (C=O) groups is 4. The largest absolute Gasteiger partial charge is 0.370 e. The second-order valence-corrected chi connectivity index (χ2v) is 8.01. The summed E-state index contributed by atoms with van der Waals surface area (Å²) in [5, 5.41) is 7.24. The third kappa shape index (κ3) is 4.82. The van der Waals surface area contributed by atoms with Crippen molar-refractivity contribution in [3.05, 3.63) is 52.8 Å². The highest BCUT2D eigenvalue weighted by Crippen LogP contribution is 2.26. The van der Waals surface area contributed by atoms with Crippen LogP contribution in [0.2, 0.25) is 0 Å². The lowest BCUT2D eigenvalue weighted by molar-refractivity contribution is -0.125. The van der Waals surface area contributed by atoms with Crippen LogP contribution < -0.4 is 11.1 Å². The lowest BCUT2D eigenvalue weighted by Gasteiger charge is -2.26. The molecule has 164 valence electrons. The highest BCUT2D eigenvalue weighted by molar-refractivity contribution is 6.22. The average molecular weight is 425 g/mol. The molecule has 0 spiro atoms. The monoisotopic (exact) mass is 425 g/mol. The Morgan fingerprint density at radius 1 is 1.13 bits per heavy atom. The molecule has 0 saturated heterocycles. The summed E-state index contributed by atoms with van der Waals surface area (Å²) >= 11 is 0. The first-order chi connectivity index (χ1) is 14.7. The molecule has 9 heteroatoms. The zero-order valence-electron chi connectivity index (χ0n) is 17.9. The average Bonchev–Trinajstić information content (AvgIpc) is 3.16. The second-order valence-electron chi connectivity index (χ2n) is 8.01. The van der Waals surface area contributed by atoms with Crippen LogP contribution in [0.4, 0.5) is 0 Å². The smallest absolute Gasteiger partial charge is 0.262 e. The predicted octanol–water partition coefficient (Wildman–Crippen LogP) is 1.18. The van der Waals surface area contributed by atoms with Gasteiger partial charge in [0.15, 0.2) is 0 Å². The molecule has 9 nitrogen and oxygen atoms in total. The summed E-state index contributed by atoms with van der Waals surface area (Å²) in [5.74, 6) is -2.12. The lowest BCUT2D eigenvalue weighted by atomic mass is 10.1. The molecule has 0 unspecified atom stereocenters. The third-order valence-corrected chi connectivity index (χ3v) is 5.32. The normalized spacial score (nSPS) is 15.0. The molecule has 1 aliphatic heterocycles. The van der Waals surface area contributed by atoms with Gasteiger partial charge in [0.25, 0.3) is 11.8 Å². The number of imide groups is 1. The number of fused-ring (bicyclic) bond motifs is 1. The molecular formula is C22H27N5O4. The number of primary amides is 1. The van der Waals surface area contributed by atoms with E-state index in [2.05, 4.69) is 10.4 Å². The molecule has 1 aliphatic rings. The Bertz CT molecular complexity index is 994. The van der Waals surface area contributed by atoms with Crippen molar-refractivity contribution in [3.63, 3.8) is 0 Å². The third-order valence-electron chi connectivity index (χ3n) is 5.32. The van der Waals surface area contributed by atoms with Crippen molar-refractivity contribution in [2.45, 2.75) is 46.2 Å². The number of nitrogens with zero attached hydrogens (tertiary/aromatic N) is 3. The first-order valence-electron chi connectivity index (χ1n) is 10.2. The number of hydrogen-bond acceptors (Lipinski definition) is 5. The minimum absolute atomic E-state index is 0.0293. The summed E-state index contributed by atoms with van der Waals surface area (Å²) < 4.78 is 1.88. The van der Waals surface area contributed by atoms with Gasteiger partial charge in [-0.3, -0.25) is 28.8 Å². The van der Waals surface area contributed by atoms with E-state index in [9.17, 15) is 19.2 Å². The van der Waals surface area contributed by atoms with Crippen LogP contribution in [0.15, 0.2) is 30.3 Å². The molecule has 0 radical (unpaired) electrons. The van der Waals surface area contributed by atoms with Gasteiger partial charge in [-0.1, -0.05) is 19.1 Å². The van der Waals surface area contributed by atoms with Crippen molar-refractivity contribution in [3.8, 4) is 0 Å². The van der Waals surface area contributed by atoms with E-state index in [4.69, 9.17) is 5.73 Å². The van der Waals surface area contributed by atoms with Gasteiger partial charge < -0.3 is 11.1 Å². The molecular weight excluding hydrogens is 398 g/mol. The minimum atomic E-state index is -1.11.